The van der Waals surface area contributed by atoms with Crippen LogP contribution in [0.1, 0.15) is 18.1 Å². The first-order valence-electron chi connectivity index (χ1n) is 4.81. The van der Waals surface area contributed by atoms with E-state index in [2.05, 4.69) is 23.5 Å². The van der Waals surface area contributed by atoms with Crippen molar-refractivity contribution in [2.24, 2.45) is 0 Å². The van der Waals surface area contributed by atoms with E-state index in [9.17, 15) is 4.79 Å². The molecule has 2 unspecified atom stereocenters. The number of hydrogen-bond acceptors (Lipinski definition) is 1. The number of β-lactam (4-membered cyclic amide) rings is 1. The first kappa shape index (κ1) is 7.80. The van der Waals surface area contributed by atoms with Crippen LogP contribution in [0, 0.1) is 0 Å². The lowest BCUT2D eigenvalue weighted by Crippen LogP contribution is -2.68. The van der Waals surface area contributed by atoms with Crippen LogP contribution in [0.2, 0.25) is 0 Å². The fourth-order valence-electron chi connectivity index (χ4n) is 2.34. The van der Waals surface area contributed by atoms with Crippen molar-refractivity contribution in [2.75, 3.05) is 0 Å². The topological polar surface area (TPSA) is 29.1 Å². The summed E-state index contributed by atoms with van der Waals surface area (Å²) in [6, 6.07) is 8.28. The van der Waals surface area contributed by atoms with Gasteiger partial charge in [-0.3, -0.25) is 4.79 Å². The molecule has 70 valence electrons. The van der Waals surface area contributed by atoms with Crippen LogP contribution in [0.4, 0.5) is 0 Å². The summed E-state index contributed by atoms with van der Waals surface area (Å²) in [5, 5.41) is 2.90. The molecule has 0 radical (unpaired) electrons. The number of carbonyl (C=O) groups excluding carboxylic acids is 1. The Kier molecular flexibility index (Phi) is 1.26. The van der Waals surface area contributed by atoms with E-state index in [0.29, 0.717) is 0 Å². The molecule has 0 spiro atoms. The molecule has 1 N–H and O–H groups in total. The highest BCUT2D eigenvalue weighted by Gasteiger charge is 2.53. The SMILES string of the molecule is CC12C(=O)NC1C=Cc1ccccc12. The highest BCUT2D eigenvalue weighted by Crippen LogP contribution is 2.41. The number of carbonyl (C=O) groups is 1. The minimum Gasteiger partial charge on any atom is -0.348 e. The third-order valence-corrected chi connectivity index (χ3v) is 3.37. The van der Waals surface area contributed by atoms with E-state index >= 15 is 0 Å². The minimum absolute atomic E-state index is 0.138. The van der Waals surface area contributed by atoms with Gasteiger partial charge in [0.2, 0.25) is 5.91 Å². The molecular formula is C12H11NO. The monoisotopic (exact) mass is 185 g/mol. The maximum Gasteiger partial charge on any atom is 0.233 e. The van der Waals surface area contributed by atoms with Gasteiger partial charge in [-0.15, -0.1) is 0 Å². The van der Waals surface area contributed by atoms with Gasteiger partial charge in [-0.1, -0.05) is 36.4 Å². The first-order chi connectivity index (χ1) is 6.73. The third-order valence-electron chi connectivity index (χ3n) is 3.37. The van der Waals surface area contributed by atoms with E-state index in [0.717, 1.165) is 5.56 Å². The molecule has 1 heterocycles. The Bertz CT molecular complexity index is 449. The van der Waals surface area contributed by atoms with Crippen molar-refractivity contribution in [1.29, 1.82) is 0 Å². The number of benzene rings is 1. The van der Waals surface area contributed by atoms with E-state index in [1.165, 1.54) is 5.56 Å². The van der Waals surface area contributed by atoms with Gasteiger partial charge in [0.25, 0.3) is 0 Å². The van der Waals surface area contributed by atoms with Gasteiger partial charge in [-0.05, 0) is 18.1 Å². The van der Waals surface area contributed by atoms with Gasteiger partial charge in [0.05, 0.1) is 11.5 Å². The van der Waals surface area contributed by atoms with E-state index < -0.39 is 0 Å². The molecule has 0 aromatic heterocycles. The third kappa shape index (κ3) is 0.699. The second-order valence-electron chi connectivity index (χ2n) is 4.10. The Balaban J connectivity index is 2.25. The number of nitrogens with one attached hydrogen (secondary N) is 1. The smallest absolute Gasteiger partial charge is 0.233 e. The van der Waals surface area contributed by atoms with Crippen molar-refractivity contribution in [2.45, 2.75) is 18.4 Å². The van der Waals surface area contributed by atoms with Crippen LogP contribution in [-0.4, -0.2) is 11.9 Å². The Morgan fingerprint density at radius 1 is 1.36 bits per heavy atom. The zero-order chi connectivity index (χ0) is 9.76. The van der Waals surface area contributed by atoms with Gasteiger partial charge in [-0.2, -0.15) is 0 Å². The summed E-state index contributed by atoms with van der Waals surface area (Å²) in [5.74, 6) is 0.138. The molecule has 2 atom stereocenters. The highest BCUT2D eigenvalue weighted by atomic mass is 16.2. The van der Waals surface area contributed by atoms with Crippen LogP contribution >= 0.6 is 0 Å². The van der Waals surface area contributed by atoms with Crippen molar-refractivity contribution in [3.05, 3.63) is 41.5 Å². The maximum absolute atomic E-state index is 11.6. The van der Waals surface area contributed by atoms with Gasteiger partial charge in [0.15, 0.2) is 0 Å². The average molecular weight is 185 g/mol. The van der Waals surface area contributed by atoms with E-state index in [4.69, 9.17) is 0 Å². The zero-order valence-corrected chi connectivity index (χ0v) is 7.95. The molecule has 2 nitrogen and oxygen atoms in total. The summed E-state index contributed by atoms with van der Waals surface area (Å²) >= 11 is 0. The Morgan fingerprint density at radius 3 is 2.93 bits per heavy atom. The predicted octanol–water partition coefficient (Wildman–Crippen LogP) is 1.47. The summed E-state index contributed by atoms with van der Waals surface area (Å²) in [6.07, 6.45) is 4.16. The number of hydrogen-bond donors (Lipinski definition) is 1. The number of rotatable bonds is 0. The van der Waals surface area contributed by atoms with Crippen LogP contribution in [-0.2, 0) is 10.2 Å². The molecule has 1 fully saturated rings. The van der Waals surface area contributed by atoms with Crippen molar-refractivity contribution in [1.82, 2.24) is 5.32 Å². The standard InChI is InChI=1S/C12H11NO/c1-12-9-5-3-2-4-8(9)6-7-10(12)13-11(12)14/h2-7,10H,1H3,(H,13,14). The van der Waals surface area contributed by atoms with Crippen LogP contribution < -0.4 is 5.32 Å². The molecule has 3 rings (SSSR count). The van der Waals surface area contributed by atoms with Crippen LogP contribution in [0.15, 0.2) is 30.3 Å². The van der Waals surface area contributed by atoms with Crippen molar-refractivity contribution in [3.8, 4) is 0 Å². The van der Waals surface area contributed by atoms with Crippen molar-refractivity contribution >= 4 is 12.0 Å². The second-order valence-corrected chi connectivity index (χ2v) is 4.10. The zero-order valence-electron chi connectivity index (χ0n) is 7.95. The van der Waals surface area contributed by atoms with Gasteiger partial charge in [-0.25, -0.2) is 0 Å². The lowest BCUT2D eigenvalue weighted by Gasteiger charge is -2.47. The molecular weight excluding hydrogens is 174 g/mol. The van der Waals surface area contributed by atoms with Crippen molar-refractivity contribution in [3.63, 3.8) is 0 Å². The highest BCUT2D eigenvalue weighted by molar-refractivity contribution is 5.98. The first-order valence-corrected chi connectivity index (χ1v) is 4.81. The number of amides is 1. The Morgan fingerprint density at radius 2 is 2.14 bits per heavy atom. The van der Waals surface area contributed by atoms with Crippen LogP contribution in [0.25, 0.3) is 6.08 Å². The second kappa shape index (κ2) is 2.27. The maximum atomic E-state index is 11.6. The normalized spacial score (nSPS) is 32.6. The van der Waals surface area contributed by atoms with Gasteiger partial charge >= 0.3 is 0 Å². The van der Waals surface area contributed by atoms with Gasteiger partial charge in [0, 0.05) is 0 Å². The molecule has 2 heteroatoms. The average Bonchev–Trinajstić information content (AvgIpc) is 2.22. The molecule has 0 saturated carbocycles. The van der Waals surface area contributed by atoms with Gasteiger partial charge in [0.1, 0.15) is 0 Å². The number of fused-ring (bicyclic) bond motifs is 3. The summed E-state index contributed by atoms with van der Waals surface area (Å²) in [5.41, 5.74) is 1.99. The van der Waals surface area contributed by atoms with Crippen LogP contribution in [0.3, 0.4) is 0 Å². The fourth-order valence-corrected chi connectivity index (χ4v) is 2.34. The molecule has 1 aliphatic carbocycles. The Hall–Kier alpha value is -1.57. The molecule has 14 heavy (non-hydrogen) atoms. The minimum atomic E-state index is -0.328. The summed E-state index contributed by atoms with van der Waals surface area (Å²) in [7, 11) is 0. The summed E-state index contributed by atoms with van der Waals surface area (Å²) in [4.78, 5) is 11.6. The predicted molar refractivity (Wildman–Crippen MR) is 54.8 cm³/mol. The lowest BCUT2D eigenvalue weighted by molar-refractivity contribution is -0.135. The van der Waals surface area contributed by atoms with Crippen molar-refractivity contribution < 1.29 is 4.79 Å². The van der Waals surface area contributed by atoms with E-state index in [1.54, 1.807) is 0 Å². The van der Waals surface area contributed by atoms with E-state index in [1.807, 2.05) is 25.1 Å². The molecule has 1 aromatic carbocycles. The molecule has 2 aliphatic rings. The molecule has 0 bridgehead atoms. The Labute approximate surface area is 82.6 Å². The lowest BCUT2D eigenvalue weighted by atomic mass is 9.65. The quantitative estimate of drug-likeness (QED) is 0.609. The summed E-state index contributed by atoms with van der Waals surface area (Å²) in [6.45, 7) is 2.01. The summed E-state index contributed by atoms with van der Waals surface area (Å²) < 4.78 is 0. The molecule has 1 saturated heterocycles. The molecule has 1 aliphatic heterocycles. The van der Waals surface area contributed by atoms with Gasteiger partial charge < -0.3 is 5.32 Å². The molecule has 1 amide bonds. The molecule has 1 aromatic rings. The van der Waals surface area contributed by atoms with Crippen LogP contribution in [0.5, 0.6) is 0 Å². The fraction of sp³-hybridized carbons (Fsp3) is 0.250. The van der Waals surface area contributed by atoms with E-state index in [-0.39, 0.29) is 17.4 Å². The largest absolute Gasteiger partial charge is 0.348 e.